The van der Waals surface area contributed by atoms with E-state index >= 15 is 4.39 Å². The number of aromatic nitrogens is 1. The van der Waals surface area contributed by atoms with Crippen molar-refractivity contribution < 1.29 is 8.81 Å². The summed E-state index contributed by atoms with van der Waals surface area (Å²) >= 11 is 0. The summed E-state index contributed by atoms with van der Waals surface area (Å²) in [5.74, 6) is -0.615. The fraction of sp³-hybridized carbons (Fsp3) is 0.419. The molecule has 10 heteroatoms. The van der Waals surface area contributed by atoms with Crippen molar-refractivity contribution in [3.8, 4) is 0 Å². The molecule has 6 aromatic rings. The van der Waals surface area contributed by atoms with Crippen LogP contribution in [0.3, 0.4) is 0 Å². The molecule has 2 N–H and O–H groups in total. The zero-order valence-electron chi connectivity index (χ0n) is 32.7. The van der Waals surface area contributed by atoms with Crippen LogP contribution in [0.25, 0.3) is 54.8 Å². The monoisotopic (exact) mass is 725 g/mol. The molecule has 2 heterocycles. The Morgan fingerprint density at radius 3 is 1.91 bits per heavy atom. The molecule has 9 nitrogen and oxygen atoms in total. The number of hydrogen-bond acceptors (Lipinski definition) is 8. The average Bonchev–Trinajstić information content (AvgIpc) is 3.12. The number of benzene rings is 4. The van der Waals surface area contributed by atoms with Crippen LogP contribution in [0, 0.1) is 5.82 Å². The Balaban J connectivity index is 0.000000454. The summed E-state index contributed by atoms with van der Waals surface area (Å²) in [5.41, 5.74) is 1.20. The van der Waals surface area contributed by atoms with Crippen LogP contribution in [-0.4, -0.2) is 68.6 Å². The summed E-state index contributed by atoms with van der Waals surface area (Å²) in [6.07, 6.45) is 7.79. The first kappa shape index (κ1) is 41.0. The van der Waals surface area contributed by atoms with Gasteiger partial charge in [0.25, 0.3) is 0 Å². The molecule has 0 saturated heterocycles. The molecule has 2 aromatic heterocycles. The third-order valence-corrected chi connectivity index (χ3v) is 8.91. The van der Waals surface area contributed by atoms with Gasteiger partial charge in [0.15, 0.2) is 33.3 Å². The summed E-state index contributed by atoms with van der Waals surface area (Å²) in [6, 6.07) is 11.1. The normalized spacial score (nSPS) is 11.4. The molecule has 0 saturated carbocycles. The van der Waals surface area contributed by atoms with Crippen molar-refractivity contribution in [1.29, 1.82) is 0 Å². The van der Waals surface area contributed by atoms with Crippen molar-refractivity contribution in [3.63, 3.8) is 0 Å². The molecule has 0 amide bonds. The summed E-state index contributed by atoms with van der Waals surface area (Å²) < 4.78 is 23.7. The van der Waals surface area contributed by atoms with E-state index in [4.69, 9.17) is 4.42 Å². The fourth-order valence-corrected chi connectivity index (χ4v) is 6.37. The van der Waals surface area contributed by atoms with Crippen LogP contribution < -0.4 is 26.9 Å². The molecule has 0 aliphatic heterocycles. The maximum absolute atomic E-state index is 15.6. The second-order valence-corrected chi connectivity index (χ2v) is 14.1. The lowest BCUT2D eigenvalue weighted by Gasteiger charge is -2.18. The largest absolute Gasteiger partial charge is 0.451 e. The van der Waals surface area contributed by atoms with Gasteiger partial charge in [0.1, 0.15) is 11.2 Å². The summed E-state index contributed by atoms with van der Waals surface area (Å²) in [7, 11) is 8.17. The zero-order valence-corrected chi connectivity index (χ0v) is 32.7. The molecule has 6 rings (SSSR count). The smallest absolute Gasteiger partial charge is 0.198 e. The summed E-state index contributed by atoms with van der Waals surface area (Å²) in [6.45, 7) is 16.2. The Hall–Kier alpha value is -4.80. The van der Waals surface area contributed by atoms with E-state index in [-0.39, 0.29) is 54.9 Å². The van der Waals surface area contributed by atoms with E-state index in [2.05, 4.69) is 49.9 Å². The van der Waals surface area contributed by atoms with Gasteiger partial charge in [0, 0.05) is 46.5 Å². The molecular weight excluding hydrogens is 670 g/mol. The molecule has 4 aromatic carbocycles. The maximum Gasteiger partial charge on any atom is 0.198 e. The molecule has 0 radical (unpaired) electrons. The van der Waals surface area contributed by atoms with Crippen molar-refractivity contribution in [2.75, 3.05) is 59.7 Å². The van der Waals surface area contributed by atoms with Crippen LogP contribution in [0.1, 0.15) is 71.8 Å². The zero-order chi connectivity index (χ0) is 38.8. The predicted octanol–water partition coefficient (Wildman–Crippen LogP) is 8.29. The highest BCUT2D eigenvalue weighted by Gasteiger charge is 2.22. The van der Waals surface area contributed by atoms with Crippen molar-refractivity contribution in [2.45, 2.75) is 66.2 Å². The van der Waals surface area contributed by atoms with Gasteiger partial charge in [-0.05, 0) is 85.2 Å². The average molecular weight is 726 g/mol. The van der Waals surface area contributed by atoms with Crippen LogP contribution in [-0.2, 0) is 0 Å². The lowest BCUT2D eigenvalue weighted by molar-refractivity contribution is 0.335. The van der Waals surface area contributed by atoms with E-state index in [1.54, 1.807) is 47.0 Å². The Morgan fingerprint density at radius 2 is 1.34 bits per heavy atom. The quantitative estimate of drug-likeness (QED) is 0.0698. The van der Waals surface area contributed by atoms with E-state index in [9.17, 15) is 14.4 Å². The Kier molecular flexibility index (Phi) is 14.5. The van der Waals surface area contributed by atoms with Gasteiger partial charge < -0.3 is 29.3 Å². The van der Waals surface area contributed by atoms with Gasteiger partial charge >= 0.3 is 0 Å². The molecule has 0 unspecified atom stereocenters. The number of pyridine rings is 1. The lowest BCUT2D eigenvalue weighted by Crippen LogP contribution is -2.21. The molecule has 0 atom stereocenters. The fourth-order valence-electron chi connectivity index (χ4n) is 6.37. The van der Waals surface area contributed by atoms with Crippen molar-refractivity contribution in [2.24, 2.45) is 0 Å². The van der Waals surface area contributed by atoms with Gasteiger partial charge in [-0.2, -0.15) is 0 Å². The lowest BCUT2D eigenvalue weighted by atomic mass is 10.0. The number of nitrogens with zero attached hydrogens (tertiary/aromatic N) is 3. The first-order valence-electron chi connectivity index (χ1n) is 18.8. The maximum atomic E-state index is 15.6. The van der Waals surface area contributed by atoms with Gasteiger partial charge in [-0.25, -0.2) is 4.39 Å². The van der Waals surface area contributed by atoms with E-state index in [0.717, 1.165) is 25.7 Å². The third kappa shape index (κ3) is 9.23. The number of unbranched alkanes of at least 4 members (excludes halogenated alkanes) is 2. The number of anilines is 1. The van der Waals surface area contributed by atoms with Crippen LogP contribution in [0.15, 0.2) is 74.0 Å². The van der Waals surface area contributed by atoms with Gasteiger partial charge in [-0.3, -0.25) is 14.4 Å². The molecule has 0 aliphatic rings. The minimum Gasteiger partial charge on any atom is -0.451 e. The Labute approximate surface area is 311 Å². The highest BCUT2D eigenvalue weighted by Crippen LogP contribution is 2.35. The highest BCUT2D eigenvalue weighted by molar-refractivity contribution is 6.07. The Bertz CT molecular complexity index is 2360. The SMILES string of the molecule is C=C(NCCCC)c1cn2c3cc4c(=O)c5ccccc5c(=O)c4cc3oc3c(NCCCC)c(F)cc(c1=O)c32.CCCN(C)CCC.CN(C)C. The van der Waals surface area contributed by atoms with Crippen LogP contribution in [0.5, 0.6) is 0 Å². The van der Waals surface area contributed by atoms with Gasteiger partial charge in [0.2, 0.25) is 0 Å². The van der Waals surface area contributed by atoms with Gasteiger partial charge in [-0.1, -0.05) is 71.4 Å². The molecule has 0 aliphatic carbocycles. The molecule has 0 spiro atoms. The topological polar surface area (TPSA) is 99.3 Å². The minimum absolute atomic E-state index is 0.130. The molecule has 0 bridgehead atoms. The van der Waals surface area contributed by atoms with E-state index < -0.39 is 5.82 Å². The van der Waals surface area contributed by atoms with Crippen molar-refractivity contribution >= 4 is 60.5 Å². The van der Waals surface area contributed by atoms with E-state index in [0.29, 0.717) is 40.6 Å². The number of fused-ring (bicyclic) bond motifs is 4. The van der Waals surface area contributed by atoms with Crippen LogP contribution >= 0.6 is 0 Å². The molecule has 0 fully saturated rings. The predicted molar refractivity (Wildman–Crippen MR) is 223 cm³/mol. The van der Waals surface area contributed by atoms with Crippen molar-refractivity contribution in [1.82, 2.24) is 19.5 Å². The van der Waals surface area contributed by atoms with E-state index in [1.165, 1.54) is 32.0 Å². The van der Waals surface area contributed by atoms with Crippen LogP contribution in [0.4, 0.5) is 10.1 Å². The first-order valence-corrected chi connectivity index (χ1v) is 18.8. The molecule has 284 valence electrons. The third-order valence-electron chi connectivity index (χ3n) is 8.91. The summed E-state index contributed by atoms with van der Waals surface area (Å²) in [4.78, 5) is 45.0. The number of rotatable bonds is 13. The Morgan fingerprint density at radius 1 is 0.774 bits per heavy atom. The molecule has 53 heavy (non-hydrogen) atoms. The number of halogens is 1. The molecular formula is C43H56FN5O4. The van der Waals surface area contributed by atoms with Crippen LogP contribution in [0.2, 0.25) is 0 Å². The van der Waals surface area contributed by atoms with Gasteiger partial charge in [0.05, 0.1) is 16.5 Å². The number of hydrogen-bond donors (Lipinski definition) is 2. The first-order chi connectivity index (χ1) is 25.4. The standard InChI is InChI=1S/C33H30FN3O4.C7H17N.C3H9N/c1-4-6-12-35-18(3)24-17-37-26-15-21-22(31(39)20-11-9-8-10-19(20)30(21)38)16-27(26)41-33-28(36-13-7-5-2)25(34)14-23(29(33)37)32(24)40;1-4-6-8(3)7-5-2;1-4(2)3/h8-11,14-17,35-36H,3-7,12-13H2,1-2H3;4-7H2,1-3H3;1-3H3. The summed E-state index contributed by atoms with van der Waals surface area (Å²) in [5, 5.41) is 7.60. The minimum atomic E-state index is -0.615. The highest BCUT2D eigenvalue weighted by atomic mass is 19.1. The van der Waals surface area contributed by atoms with Gasteiger partial charge in [-0.15, -0.1) is 0 Å². The second-order valence-electron chi connectivity index (χ2n) is 14.1. The van der Waals surface area contributed by atoms with Crippen molar-refractivity contribution in [3.05, 3.63) is 97.3 Å². The number of nitrogens with one attached hydrogen (secondary N) is 2. The second kappa shape index (κ2) is 18.8. The van der Waals surface area contributed by atoms with E-state index in [1.807, 2.05) is 33.0 Å².